The Hall–Kier alpha value is -2.84. The Balaban J connectivity index is 1.61. The van der Waals surface area contributed by atoms with E-state index in [1.807, 2.05) is 35.2 Å². The predicted octanol–water partition coefficient (Wildman–Crippen LogP) is 3.10. The molecule has 2 amide bonds. The summed E-state index contributed by atoms with van der Waals surface area (Å²) in [6, 6.07) is 19.6. The van der Waals surface area contributed by atoms with E-state index in [9.17, 15) is 4.79 Å². The highest BCUT2D eigenvalue weighted by Crippen LogP contribution is 2.14. The van der Waals surface area contributed by atoms with E-state index in [0.29, 0.717) is 31.9 Å². The molecule has 1 heterocycles. The van der Waals surface area contributed by atoms with Crippen molar-refractivity contribution in [1.82, 2.24) is 10.2 Å². The van der Waals surface area contributed by atoms with Gasteiger partial charge >= 0.3 is 6.03 Å². The highest BCUT2D eigenvalue weighted by molar-refractivity contribution is 5.74. The van der Waals surface area contributed by atoms with E-state index in [2.05, 4.69) is 23.5 Å². The van der Waals surface area contributed by atoms with Gasteiger partial charge in [-0.25, -0.2) is 4.79 Å². The number of carbonyl (C=O) groups excluding carboxylic acids is 1. The van der Waals surface area contributed by atoms with Gasteiger partial charge in [0.25, 0.3) is 0 Å². The lowest BCUT2D eigenvalue weighted by Gasteiger charge is -2.28. The van der Waals surface area contributed by atoms with E-state index in [0.717, 1.165) is 18.4 Å². The fraction of sp³-hybridized carbons (Fsp3) is 0.333. The lowest BCUT2D eigenvalue weighted by atomic mass is 10.1. The number of ether oxygens (including phenoxy) is 1. The second-order valence-corrected chi connectivity index (χ2v) is 6.42. The van der Waals surface area contributed by atoms with Gasteiger partial charge in [0.05, 0.1) is 24.3 Å². The Kier molecular flexibility index (Phi) is 6.24. The zero-order valence-electron chi connectivity index (χ0n) is 14.7. The molecule has 0 bridgehead atoms. The molecule has 5 heteroatoms. The van der Waals surface area contributed by atoms with E-state index in [1.54, 1.807) is 12.1 Å². The Labute approximate surface area is 154 Å². The van der Waals surface area contributed by atoms with Gasteiger partial charge < -0.3 is 15.0 Å². The van der Waals surface area contributed by atoms with Gasteiger partial charge in [0, 0.05) is 19.7 Å². The van der Waals surface area contributed by atoms with Gasteiger partial charge in [0.2, 0.25) is 0 Å². The summed E-state index contributed by atoms with van der Waals surface area (Å²) >= 11 is 0. The van der Waals surface area contributed by atoms with Crippen molar-refractivity contribution in [2.75, 3.05) is 19.8 Å². The second kappa shape index (κ2) is 9.02. The van der Waals surface area contributed by atoms with E-state index in [4.69, 9.17) is 10.00 Å². The Morgan fingerprint density at radius 1 is 1.19 bits per heavy atom. The molecule has 2 aromatic rings. The van der Waals surface area contributed by atoms with Gasteiger partial charge in [-0.15, -0.1) is 0 Å². The molecular weight excluding hydrogens is 326 g/mol. The minimum atomic E-state index is -0.0845. The molecule has 1 unspecified atom stereocenters. The van der Waals surface area contributed by atoms with Crippen LogP contribution in [0.5, 0.6) is 0 Å². The average molecular weight is 349 g/mol. The van der Waals surface area contributed by atoms with Crippen LogP contribution in [-0.4, -0.2) is 36.7 Å². The first-order valence-corrected chi connectivity index (χ1v) is 8.91. The molecule has 0 spiro atoms. The van der Waals surface area contributed by atoms with Crippen molar-refractivity contribution in [2.24, 2.45) is 0 Å². The third-order valence-corrected chi connectivity index (χ3v) is 4.59. The fourth-order valence-electron chi connectivity index (χ4n) is 3.14. The van der Waals surface area contributed by atoms with Crippen molar-refractivity contribution in [3.8, 4) is 6.07 Å². The summed E-state index contributed by atoms with van der Waals surface area (Å²) in [6.07, 6.45) is 1.68. The average Bonchev–Trinajstić information content (AvgIpc) is 3.22. The minimum absolute atomic E-state index is 0.0845. The van der Waals surface area contributed by atoms with Crippen molar-refractivity contribution in [1.29, 1.82) is 5.26 Å². The third-order valence-electron chi connectivity index (χ3n) is 4.59. The minimum Gasteiger partial charge on any atom is -0.379 e. The first-order chi connectivity index (χ1) is 12.8. The van der Waals surface area contributed by atoms with Crippen molar-refractivity contribution in [2.45, 2.75) is 25.4 Å². The van der Waals surface area contributed by atoms with Crippen LogP contribution in [0.15, 0.2) is 54.6 Å². The van der Waals surface area contributed by atoms with E-state index in [1.165, 1.54) is 5.56 Å². The van der Waals surface area contributed by atoms with Crippen LogP contribution in [0.25, 0.3) is 0 Å². The van der Waals surface area contributed by atoms with Gasteiger partial charge in [0.1, 0.15) is 0 Å². The maximum Gasteiger partial charge on any atom is 0.318 e. The third kappa shape index (κ3) is 4.84. The van der Waals surface area contributed by atoms with Gasteiger partial charge in [-0.05, 0) is 36.1 Å². The summed E-state index contributed by atoms with van der Waals surface area (Å²) in [4.78, 5) is 14.7. The highest BCUT2D eigenvalue weighted by atomic mass is 16.5. The largest absolute Gasteiger partial charge is 0.379 e. The van der Waals surface area contributed by atoms with Gasteiger partial charge in [-0.1, -0.05) is 42.5 Å². The number of nitrogens with zero attached hydrogens (tertiary/aromatic N) is 2. The molecule has 5 nitrogen and oxygen atoms in total. The quantitative estimate of drug-likeness (QED) is 0.871. The summed E-state index contributed by atoms with van der Waals surface area (Å²) in [5.74, 6) is 0. The molecule has 3 rings (SSSR count). The number of amides is 2. The smallest absolute Gasteiger partial charge is 0.318 e. The molecule has 26 heavy (non-hydrogen) atoms. The first-order valence-electron chi connectivity index (χ1n) is 8.91. The molecule has 0 radical (unpaired) electrons. The van der Waals surface area contributed by atoms with Crippen molar-refractivity contribution >= 4 is 6.03 Å². The number of hydrogen-bond acceptors (Lipinski definition) is 3. The van der Waals surface area contributed by atoms with E-state index < -0.39 is 0 Å². The molecule has 1 saturated heterocycles. The van der Waals surface area contributed by atoms with Crippen molar-refractivity contribution < 1.29 is 9.53 Å². The number of rotatable bonds is 6. The zero-order valence-corrected chi connectivity index (χ0v) is 14.7. The first kappa shape index (κ1) is 18.0. The van der Waals surface area contributed by atoms with E-state index >= 15 is 0 Å². The van der Waals surface area contributed by atoms with Crippen LogP contribution in [0.4, 0.5) is 4.79 Å². The Morgan fingerprint density at radius 2 is 2.00 bits per heavy atom. The number of benzene rings is 2. The maximum absolute atomic E-state index is 12.8. The number of urea groups is 1. The van der Waals surface area contributed by atoms with Gasteiger partial charge in [-0.2, -0.15) is 5.26 Å². The highest BCUT2D eigenvalue weighted by Gasteiger charge is 2.27. The van der Waals surface area contributed by atoms with Crippen molar-refractivity contribution in [3.05, 3.63) is 71.3 Å². The molecule has 0 aliphatic carbocycles. The summed E-state index contributed by atoms with van der Waals surface area (Å²) < 4.78 is 5.48. The maximum atomic E-state index is 12.8. The molecule has 134 valence electrons. The van der Waals surface area contributed by atoms with E-state index in [-0.39, 0.29) is 12.1 Å². The monoisotopic (exact) mass is 349 g/mol. The molecule has 1 aliphatic rings. The van der Waals surface area contributed by atoms with Crippen LogP contribution < -0.4 is 5.32 Å². The van der Waals surface area contributed by atoms with Crippen LogP contribution in [0.3, 0.4) is 0 Å². The standard InChI is InChI=1S/C21H23N3O2/c22-14-18-7-4-8-19(13-18)15-23-21(25)24(20-10-12-26-16-20)11-9-17-5-2-1-3-6-17/h1-8,13,20H,9-12,15-16H2,(H,23,25). The molecule has 1 fully saturated rings. The summed E-state index contributed by atoms with van der Waals surface area (Å²) in [5.41, 5.74) is 2.73. The van der Waals surface area contributed by atoms with Crippen LogP contribution >= 0.6 is 0 Å². The molecule has 0 aromatic heterocycles. The fourth-order valence-corrected chi connectivity index (χ4v) is 3.14. The number of hydrogen-bond donors (Lipinski definition) is 1. The predicted molar refractivity (Wildman–Crippen MR) is 99.5 cm³/mol. The second-order valence-electron chi connectivity index (χ2n) is 6.42. The number of nitriles is 1. The van der Waals surface area contributed by atoms with Crippen LogP contribution in [0.1, 0.15) is 23.1 Å². The summed E-state index contributed by atoms with van der Waals surface area (Å²) in [6.45, 7) is 2.35. The molecule has 1 aliphatic heterocycles. The van der Waals surface area contributed by atoms with Crippen LogP contribution in [0, 0.1) is 11.3 Å². The lowest BCUT2D eigenvalue weighted by molar-refractivity contribution is 0.147. The topological polar surface area (TPSA) is 65.4 Å². The SMILES string of the molecule is N#Cc1cccc(CNC(=O)N(CCc2ccccc2)C2CCOC2)c1. The molecule has 1 N–H and O–H groups in total. The summed E-state index contributed by atoms with van der Waals surface area (Å²) in [7, 11) is 0. The molecule has 0 saturated carbocycles. The molecular formula is C21H23N3O2. The Morgan fingerprint density at radius 3 is 2.73 bits per heavy atom. The normalized spacial score (nSPS) is 16.0. The van der Waals surface area contributed by atoms with Crippen LogP contribution in [-0.2, 0) is 17.7 Å². The molecule has 1 atom stereocenters. The van der Waals surface area contributed by atoms with Gasteiger partial charge in [0.15, 0.2) is 0 Å². The Bertz CT molecular complexity index is 764. The van der Waals surface area contributed by atoms with Crippen molar-refractivity contribution in [3.63, 3.8) is 0 Å². The molecule has 2 aromatic carbocycles. The van der Waals surface area contributed by atoms with Crippen LogP contribution in [0.2, 0.25) is 0 Å². The lowest BCUT2D eigenvalue weighted by Crippen LogP contribution is -2.47. The zero-order chi connectivity index (χ0) is 18.2. The number of nitrogens with one attached hydrogen (secondary N) is 1. The summed E-state index contributed by atoms with van der Waals surface area (Å²) in [5, 5.41) is 12.0. The van der Waals surface area contributed by atoms with Gasteiger partial charge in [-0.3, -0.25) is 0 Å². The number of carbonyl (C=O) groups is 1.